The van der Waals surface area contributed by atoms with Gasteiger partial charge in [0.2, 0.25) is 17.6 Å². The molecular formula is C17H16Cl2N6O2. The number of pyridine rings is 2. The summed E-state index contributed by atoms with van der Waals surface area (Å²) in [7, 11) is 0. The van der Waals surface area contributed by atoms with Crippen molar-refractivity contribution in [3.8, 4) is 11.4 Å². The fourth-order valence-corrected chi connectivity index (χ4v) is 2.66. The number of carbonyl (C=O) groups is 1. The molecule has 1 amide bonds. The zero-order chi connectivity index (χ0) is 19.1. The second-order valence-electron chi connectivity index (χ2n) is 5.51. The summed E-state index contributed by atoms with van der Waals surface area (Å²) in [4.78, 5) is 24.2. The van der Waals surface area contributed by atoms with E-state index >= 15 is 0 Å². The minimum absolute atomic E-state index is 0.115. The van der Waals surface area contributed by atoms with Crippen LogP contribution in [0.15, 0.2) is 41.3 Å². The molecule has 140 valence electrons. The maximum absolute atomic E-state index is 11.9. The molecule has 0 unspecified atom stereocenters. The summed E-state index contributed by atoms with van der Waals surface area (Å²) in [6.45, 7) is 0.901. The van der Waals surface area contributed by atoms with Crippen molar-refractivity contribution in [2.45, 2.75) is 12.8 Å². The fourth-order valence-electron chi connectivity index (χ4n) is 2.21. The number of hydrogen-bond acceptors (Lipinski definition) is 7. The average Bonchev–Trinajstić information content (AvgIpc) is 3.15. The van der Waals surface area contributed by atoms with Gasteiger partial charge < -0.3 is 15.2 Å². The predicted molar refractivity (Wildman–Crippen MR) is 102 cm³/mol. The zero-order valence-electron chi connectivity index (χ0n) is 14.2. The van der Waals surface area contributed by atoms with Crippen molar-refractivity contribution in [1.29, 1.82) is 0 Å². The lowest BCUT2D eigenvalue weighted by Crippen LogP contribution is -2.29. The molecule has 0 saturated heterocycles. The van der Waals surface area contributed by atoms with Gasteiger partial charge in [-0.1, -0.05) is 28.4 Å². The van der Waals surface area contributed by atoms with E-state index in [9.17, 15) is 4.79 Å². The van der Waals surface area contributed by atoms with Crippen LogP contribution >= 0.6 is 23.2 Å². The Labute approximate surface area is 165 Å². The zero-order valence-corrected chi connectivity index (χ0v) is 15.7. The molecule has 0 atom stereocenters. The van der Waals surface area contributed by atoms with Crippen LogP contribution in [-0.4, -0.2) is 39.1 Å². The monoisotopic (exact) mass is 406 g/mol. The van der Waals surface area contributed by atoms with E-state index in [0.29, 0.717) is 47.1 Å². The van der Waals surface area contributed by atoms with Crippen LogP contribution in [0.1, 0.15) is 12.3 Å². The van der Waals surface area contributed by atoms with E-state index in [4.69, 9.17) is 27.7 Å². The van der Waals surface area contributed by atoms with Gasteiger partial charge in [0.15, 0.2) is 0 Å². The summed E-state index contributed by atoms with van der Waals surface area (Å²) in [6, 6.07) is 5.17. The molecule has 3 aromatic heterocycles. The summed E-state index contributed by atoms with van der Waals surface area (Å²) in [5.74, 6) is 1.29. The topological polar surface area (TPSA) is 106 Å². The van der Waals surface area contributed by atoms with Gasteiger partial charge in [0, 0.05) is 50.1 Å². The molecule has 0 aliphatic carbocycles. The highest BCUT2D eigenvalue weighted by Gasteiger charge is 2.10. The Morgan fingerprint density at radius 1 is 1.19 bits per heavy atom. The Morgan fingerprint density at radius 3 is 2.78 bits per heavy atom. The number of amides is 1. The first-order valence-corrected chi connectivity index (χ1v) is 8.92. The quantitative estimate of drug-likeness (QED) is 0.553. The molecule has 10 heteroatoms. The van der Waals surface area contributed by atoms with Gasteiger partial charge in [0.25, 0.3) is 0 Å². The van der Waals surface area contributed by atoms with Crippen LogP contribution in [0.3, 0.4) is 0 Å². The van der Waals surface area contributed by atoms with E-state index in [1.54, 1.807) is 30.6 Å². The van der Waals surface area contributed by atoms with E-state index in [-0.39, 0.29) is 12.3 Å². The normalized spacial score (nSPS) is 10.6. The van der Waals surface area contributed by atoms with Gasteiger partial charge in [0.05, 0.1) is 10.0 Å². The van der Waals surface area contributed by atoms with Crippen molar-refractivity contribution in [2.75, 3.05) is 18.4 Å². The van der Waals surface area contributed by atoms with Gasteiger partial charge in [0.1, 0.15) is 5.82 Å². The number of aromatic nitrogens is 4. The molecule has 0 saturated carbocycles. The standard InChI is InChI=1S/C17H16Cl2N6O2/c18-12-9-13(19)17(23-10-12)22-8-7-21-14(26)1-2-15-24-16(25-27-15)11-3-5-20-6-4-11/h3-6,9-10H,1-2,7-8H2,(H,21,26)(H,22,23). The molecule has 0 bridgehead atoms. The summed E-state index contributed by atoms with van der Waals surface area (Å²) in [5.41, 5.74) is 0.810. The lowest BCUT2D eigenvalue weighted by Gasteiger charge is -2.08. The van der Waals surface area contributed by atoms with Crippen molar-refractivity contribution >= 4 is 34.9 Å². The number of nitrogens with one attached hydrogen (secondary N) is 2. The molecule has 0 aliphatic heterocycles. The minimum Gasteiger partial charge on any atom is -0.367 e. The third-order valence-electron chi connectivity index (χ3n) is 3.52. The van der Waals surface area contributed by atoms with Crippen molar-refractivity contribution in [1.82, 2.24) is 25.4 Å². The largest absolute Gasteiger partial charge is 0.367 e. The highest BCUT2D eigenvalue weighted by Crippen LogP contribution is 2.22. The highest BCUT2D eigenvalue weighted by atomic mass is 35.5. The third kappa shape index (κ3) is 5.63. The molecule has 2 N–H and O–H groups in total. The highest BCUT2D eigenvalue weighted by molar-refractivity contribution is 6.35. The number of rotatable bonds is 8. The van der Waals surface area contributed by atoms with Gasteiger partial charge in [-0.15, -0.1) is 0 Å². The second kappa shape index (κ2) is 9.29. The number of aryl methyl sites for hydroxylation is 1. The van der Waals surface area contributed by atoms with Gasteiger partial charge in [-0.3, -0.25) is 9.78 Å². The van der Waals surface area contributed by atoms with Gasteiger partial charge in [-0.25, -0.2) is 4.98 Å². The van der Waals surface area contributed by atoms with Crippen molar-refractivity contribution in [3.05, 3.63) is 52.7 Å². The van der Waals surface area contributed by atoms with Crippen molar-refractivity contribution in [3.63, 3.8) is 0 Å². The summed E-state index contributed by atoms with van der Waals surface area (Å²) in [6.07, 6.45) is 5.41. The second-order valence-corrected chi connectivity index (χ2v) is 6.35. The van der Waals surface area contributed by atoms with Gasteiger partial charge in [-0.2, -0.15) is 4.98 Å². The number of nitrogens with zero attached hydrogens (tertiary/aromatic N) is 4. The van der Waals surface area contributed by atoms with E-state index in [2.05, 4.69) is 30.7 Å². The van der Waals surface area contributed by atoms with Crippen molar-refractivity contribution < 1.29 is 9.32 Å². The molecule has 0 aliphatic rings. The molecule has 0 aromatic carbocycles. The first-order chi connectivity index (χ1) is 13.1. The molecule has 27 heavy (non-hydrogen) atoms. The Kier molecular flexibility index (Phi) is 6.56. The van der Waals surface area contributed by atoms with Crippen molar-refractivity contribution in [2.24, 2.45) is 0 Å². The number of halogens is 2. The van der Waals surface area contributed by atoms with Crippen LogP contribution in [0.25, 0.3) is 11.4 Å². The summed E-state index contributed by atoms with van der Waals surface area (Å²) in [5, 5.41) is 10.6. The number of carbonyl (C=O) groups excluding carboxylic acids is 1. The summed E-state index contributed by atoms with van der Waals surface area (Å²) < 4.78 is 5.17. The third-order valence-corrected chi connectivity index (χ3v) is 4.01. The molecule has 8 nitrogen and oxygen atoms in total. The molecule has 3 heterocycles. The molecule has 0 radical (unpaired) electrons. The Hall–Kier alpha value is -2.71. The number of anilines is 1. The lowest BCUT2D eigenvalue weighted by atomic mass is 10.2. The lowest BCUT2D eigenvalue weighted by molar-refractivity contribution is -0.121. The van der Waals surface area contributed by atoms with E-state index < -0.39 is 0 Å². The van der Waals surface area contributed by atoms with E-state index in [1.807, 2.05) is 0 Å². The van der Waals surface area contributed by atoms with E-state index in [1.165, 1.54) is 6.20 Å². The van der Waals surface area contributed by atoms with E-state index in [0.717, 1.165) is 5.56 Å². The molecular weight excluding hydrogens is 391 g/mol. The van der Waals surface area contributed by atoms with Gasteiger partial charge in [-0.05, 0) is 18.2 Å². The maximum atomic E-state index is 11.9. The first-order valence-electron chi connectivity index (χ1n) is 8.16. The summed E-state index contributed by atoms with van der Waals surface area (Å²) >= 11 is 11.8. The Balaban J connectivity index is 1.38. The average molecular weight is 407 g/mol. The first kappa shape index (κ1) is 19.1. The molecule has 0 fully saturated rings. The van der Waals surface area contributed by atoms with Crippen LogP contribution in [0.4, 0.5) is 5.82 Å². The van der Waals surface area contributed by atoms with Crippen LogP contribution in [0, 0.1) is 0 Å². The van der Waals surface area contributed by atoms with Gasteiger partial charge >= 0.3 is 0 Å². The molecule has 0 spiro atoms. The smallest absolute Gasteiger partial charge is 0.227 e. The Bertz CT molecular complexity index is 903. The van der Waals surface area contributed by atoms with Crippen LogP contribution in [0.5, 0.6) is 0 Å². The maximum Gasteiger partial charge on any atom is 0.227 e. The number of hydrogen-bond donors (Lipinski definition) is 2. The predicted octanol–water partition coefficient (Wildman–Crippen LogP) is 2.99. The molecule has 3 aromatic rings. The molecule has 3 rings (SSSR count). The van der Waals surface area contributed by atoms with Crippen LogP contribution < -0.4 is 10.6 Å². The fraction of sp³-hybridized carbons (Fsp3) is 0.235. The SMILES string of the molecule is O=C(CCc1nc(-c2ccncc2)no1)NCCNc1ncc(Cl)cc1Cl. The minimum atomic E-state index is -0.115. The Morgan fingerprint density at radius 2 is 2.00 bits per heavy atom. The van der Waals surface area contributed by atoms with Crippen LogP contribution in [0.2, 0.25) is 10.0 Å². The van der Waals surface area contributed by atoms with Crippen LogP contribution in [-0.2, 0) is 11.2 Å².